The van der Waals surface area contributed by atoms with Crippen LogP contribution in [0.5, 0.6) is 5.75 Å². The molecule has 0 aliphatic heterocycles. The molecule has 2 aromatic carbocycles. The van der Waals surface area contributed by atoms with Crippen molar-refractivity contribution < 1.29 is 14.3 Å². The molecule has 0 radical (unpaired) electrons. The number of carbonyl (C=O) groups is 2. The molecule has 2 rings (SSSR count). The predicted molar refractivity (Wildman–Crippen MR) is 131 cm³/mol. The van der Waals surface area contributed by atoms with Gasteiger partial charge in [-0.1, -0.05) is 45.4 Å². The minimum absolute atomic E-state index is 0.0250. The minimum Gasteiger partial charge on any atom is -0.497 e. The molecule has 0 heterocycles. The molecule has 1 unspecified atom stereocenters. The molecule has 31 heavy (non-hydrogen) atoms. The second-order valence-corrected chi connectivity index (χ2v) is 8.93. The third kappa shape index (κ3) is 9.60. The van der Waals surface area contributed by atoms with Gasteiger partial charge in [-0.05, 0) is 66.6 Å². The highest BCUT2D eigenvalue weighted by molar-refractivity contribution is 7.80. The molecule has 0 saturated carbocycles. The summed E-state index contributed by atoms with van der Waals surface area (Å²) in [7, 11) is 1.59. The molecule has 0 fully saturated rings. The molecular weight excluding hydrogens is 406 g/mol. The summed E-state index contributed by atoms with van der Waals surface area (Å²) < 4.78 is 5.12. The Bertz CT molecular complexity index is 800. The number of ketones is 1. The SMILES string of the molecule is COc1ccc(C(=O)c2ccc(NC(=O)CCCCCCCCCC(C)S)cc2)cc1. The van der Waals surface area contributed by atoms with Gasteiger partial charge < -0.3 is 10.1 Å². The fourth-order valence-corrected chi connectivity index (χ4v) is 3.63. The standard InChI is InChI=1S/C26H35NO3S/c1-20(31)10-8-6-4-3-5-7-9-11-25(28)27-23-16-12-21(13-17-23)26(29)22-14-18-24(30-2)19-15-22/h12-20,31H,3-11H2,1-2H3,(H,27,28). The summed E-state index contributed by atoms with van der Waals surface area (Å²) in [5, 5.41) is 3.42. The highest BCUT2D eigenvalue weighted by atomic mass is 32.1. The molecule has 168 valence electrons. The van der Waals surface area contributed by atoms with E-state index in [0.717, 1.165) is 18.5 Å². The van der Waals surface area contributed by atoms with E-state index < -0.39 is 0 Å². The number of rotatable bonds is 14. The third-order valence-electron chi connectivity index (χ3n) is 5.31. The maximum atomic E-state index is 12.6. The van der Waals surface area contributed by atoms with E-state index in [1.54, 1.807) is 55.6 Å². The number of benzene rings is 2. The van der Waals surface area contributed by atoms with Gasteiger partial charge in [-0.15, -0.1) is 0 Å². The highest BCUT2D eigenvalue weighted by Crippen LogP contribution is 2.17. The predicted octanol–water partition coefficient (Wildman–Crippen LogP) is 6.69. The number of hydrogen-bond donors (Lipinski definition) is 2. The lowest BCUT2D eigenvalue weighted by Gasteiger charge is -2.07. The molecule has 2 aromatic rings. The maximum absolute atomic E-state index is 12.6. The molecular formula is C26H35NO3S. The normalized spacial score (nSPS) is 11.7. The van der Waals surface area contributed by atoms with Crippen LogP contribution >= 0.6 is 12.6 Å². The first-order valence-corrected chi connectivity index (χ1v) is 11.8. The second kappa shape index (κ2) is 13.9. The van der Waals surface area contributed by atoms with Gasteiger partial charge >= 0.3 is 0 Å². The fourth-order valence-electron chi connectivity index (χ4n) is 3.45. The Hall–Kier alpha value is -2.27. The van der Waals surface area contributed by atoms with Crippen LogP contribution in [-0.4, -0.2) is 24.1 Å². The van der Waals surface area contributed by atoms with Gasteiger partial charge in [0.1, 0.15) is 5.75 Å². The van der Waals surface area contributed by atoms with Crippen LogP contribution < -0.4 is 10.1 Å². The third-order valence-corrected chi connectivity index (χ3v) is 5.57. The summed E-state index contributed by atoms with van der Waals surface area (Å²) >= 11 is 4.40. The Kier molecular flexibility index (Phi) is 11.2. The van der Waals surface area contributed by atoms with Crippen LogP contribution in [0.1, 0.15) is 80.6 Å². The van der Waals surface area contributed by atoms with E-state index in [1.807, 2.05) is 0 Å². The fraction of sp³-hybridized carbons (Fsp3) is 0.462. The molecule has 4 nitrogen and oxygen atoms in total. The van der Waals surface area contributed by atoms with E-state index in [0.29, 0.717) is 28.5 Å². The van der Waals surface area contributed by atoms with Crippen molar-refractivity contribution in [2.45, 2.75) is 70.0 Å². The molecule has 1 atom stereocenters. The van der Waals surface area contributed by atoms with Crippen molar-refractivity contribution in [2.24, 2.45) is 0 Å². The first-order chi connectivity index (χ1) is 15.0. The number of methoxy groups -OCH3 is 1. The number of thiol groups is 1. The van der Waals surface area contributed by atoms with Gasteiger partial charge in [0.05, 0.1) is 7.11 Å². The zero-order valence-electron chi connectivity index (χ0n) is 18.7. The summed E-state index contributed by atoms with van der Waals surface area (Å²) in [4.78, 5) is 24.7. The lowest BCUT2D eigenvalue weighted by Crippen LogP contribution is -2.11. The van der Waals surface area contributed by atoms with Crippen molar-refractivity contribution in [3.8, 4) is 5.75 Å². The number of amides is 1. The summed E-state index contributed by atoms with van der Waals surface area (Å²) in [6.07, 6.45) is 9.97. The van der Waals surface area contributed by atoms with E-state index in [-0.39, 0.29) is 11.7 Å². The van der Waals surface area contributed by atoms with Crippen molar-refractivity contribution in [1.82, 2.24) is 0 Å². The molecule has 5 heteroatoms. The largest absolute Gasteiger partial charge is 0.497 e. The van der Waals surface area contributed by atoms with E-state index in [1.165, 1.54) is 38.5 Å². The van der Waals surface area contributed by atoms with E-state index >= 15 is 0 Å². The van der Waals surface area contributed by atoms with Gasteiger partial charge in [-0.2, -0.15) is 12.6 Å². The smallest absolute Gasteiger partial charge is 0.224 e. The lowest BCUT2D eigenvalue weighted by molar-refractivity contribution is -0.116. The Labute approximate surface area is 192 Å². The Morgan fingerprint density at radius 1 is 0.839 bits per heavy atom. The second-order valence-electron chi connectivity index (χ2n) is 8.05. The van der Waals surface area contributed by atoms with Crippen LogP contribution in [0.3, 0.4) is 0 Å². The van der Waals surface area contributed by atoms with E-state index in [9.17, 15) is 9.59 Å². The molecule has 0 aliphatic carbocycles. The van der Waals surface area contributed by atoms with Crippen molar-refractivity contribution in [1.29, 1.82) is 0 Å². The summed E-state index contributed by atoms with van der Waals surface area (Å²) in [5.41, 5.74) is 1.91. The van der Waals surface area contributed by atoms with Gasteiger partial charge in [0.15, 0.2) is 5.78 Å². The molecule has 1 amide bonds. The topological polar surface area (TPSA) is 55.4 Å². The summed E-state index contributed by atoms with van der Waals surface area (Å²) in [6, 6.07) is 14.1. The molecule has 0 bridgehead atoms. The Morgan fingerprint density at radius 2 is 1.35 bits per heavy atom. The van der Waals surface area contributed by atoms with Crippen LogP contribution in [0.15, 0.2) is 48.5 Å². The number of anilines is 1. The van der Waals surface area contributed by atoms with Crippen LogP contribution in [0, 0.1) is 0 Å². The van der Waals surface area contributed by atoms with Crippen LogP contribution in [-0.2, 0) is 4.79 Å². The Balaban J connectivity index is 1.65. The van der Waals surface area contributed by atoms with Gasteiger partial charge in [-0.3, -0.25) is 9.59 Å². The average Bonchev–Trinajstić information content (AvgIpc) is 2.78. The van der Waals surface area contributed by atoms with Crippen molar-refractivity contribution in [2.75, 3.05) is 12.4 Å². The van der Waals surface area contributed by atoms with E-state index in [4.69, 9.17) is 4.74 Å². The zero-order chi connectivity index (χ0) is 22.5. The number of hydrogen-bond acceptors (Lipinski definition) is 4. The zero-order valence-corrected chi connectivity index (χ0v) is 19.6. The number of ether oxygens (including phenoxy) is 1. The summed E-state index contributed by atoms with van der Waals surface area (Å²) in [5.74, 6) is 0.686. The minimum atomic E-state index is -0.0549. The molecule has 0 aromatic heterocycles. The van der Waals surface area contributed by atoms with Crippen molar-refractivity contribution >= 4 is 30.0 Å². The molecule has 0 spiro atoms. The van der Waals surface area contributed by atoms with Gasteiger partial charge in [0, 0.05) is 23.2 Å². The number of unbranched alkanes of at least 4 members (excludes halogenated alkanes) is 6. The Morgan fingerprint density at radius 3 is 1.90 bits per heavy atom. The van der Waals surface area contributed by atoms with Crippen LogP contribution in [0.2, 0.25) is 0 Å². The van der Waals surface area contributed by atoms with Crippen molar-refractivity contribution in [3.63, 3.8) is 0 Å². The monoisotopic (exact) mass is 441 g/mol. The first-order valence-electron chi connectivity index (χ1n) is 11.3. The van der Waals surface area contributed by atoms with Crippen molar-refractivity contribution in [3.05, 3.63) is 59.7 Å². The van der Waals surface area contributed by atoms with Gasteiger partial charge in [0.25, 0.3) is 0 Å². The number of nitrogens with one attached hydrogen (secondary N) is 1. The maximum Gasteiger partial charge on any atom is 0.224 e. The van der Waals surface area contributed by atoms with Gasteiger partial charge in [0.2, 0.25) is 5.91 Å². The van der Waals surface area contributed by atoms with Gasteiger partial charge in [-0.25, -0.2) is 0 Å². The quantitative estimate of drug-likeness (QED) is 0.195. The average molecular weight is 442 g/mol. The van der Waals surface area contributed by atoms with E-state index in [2.05, 4.69) is 24.9 Å². The van der Waals surface area contributed by atoms with Crippen LogP contribution in [0.25, 0.3) is 0 Å². The van der Waals surface area contributed by atoms with Crippen LogP contribution in [0.4, 0.5) is 5.69 Å². The number of carbonyl (C=O) groups excluding carboxylic acids is 2. The molecule has 1 N–H and O–H groups in total. The lowest BCUT2D eigenvalue weighted by atomic mass is 10.0. The molecule has 0 saturated heterocycles. The summed E-state index contributed by atoms with van der Waals surface area (Å²) in [6.45, 7) is 2.14. The molecule has 0 aliphatic rings. The highest BCUT2D eigenvalue weighted by Gasteiger charge is 2.10. The first kappa shape index (κ1) is 25.0.